The van der Waals surface area contributed by atoms with E-state index < -0.39 is 5.54 Å². The Hall–Kier alpha value is -1.69. The van der Waals surface area contributed by atoms with E-state index in [1.165, 1.54) is 11.1 Å². The highest BCUT2D eigenvalue weighted by molar-refractivity contribution is 6.33. The van der Waals surface area contributed by atoms with Gasteiger partial charge in [0.15, 0.2) is 5.69 Å². The van der Waals surface area contributed by atoms with Gasteiger partial charge in [-0.25, -0.2) is 9.97 Å². The molecule has 0 unspecified atom stereocenters. The van der Waals surface area contributed by atoms with E-state index in [2.05, 4.69) is 15.3 Å². The monoisotopic (exact) mass is 310 g/mol. The van der Waals surface area contributed by atoms with Gasteiger partial charge >= 0.3 is 0 Å². The number of hydrogen-bond acceptors (Lipinski definition) is 4. The minimum atomic E-state index is -0.929. The zero-order valence-corrected chi connectivity index (χ0v) is 13.4. The van der Waals surface area contributed by atoms with Crippen LogP contribution < -0.4 is 5.32 Å². The Balaban J connectivity index is 2.39. The minimum absolute atomic E-state index is 0.0893. The van der Waals surface area contributed by atoms with E-state index >= 15 is 0 Å². The van der Waals surface area contributed by atoms with Gasteiger partial charge < -0.3 is 10.2 Å². The van der Waals surface area contributed by atoms with E-state index in [0.717, 1.165) is 0 Å². The van der Waals surface area contributed by atoms with E-state index in [1.807, 2.05) is 13.8 Å². The van der Waals surface area contributed by atoms with Crippen LogP contribution in [0.3, 0.4) is 0 Å². The van der Waals surface area contributed by atoms with Crippen molar-refractivity contribution < 1.29 is 9.59 Å². The number of carbonyl (C=O) groups is 2. The molecule has 1 aliphatic rings. The third kappa shape index (κ3) is 2.85. The van der Waals surface area contributed by atoms with Crippen LogP contribution in [0.5, 0.6) is 0 Å². The summed E-state index contributed by atoms with van der Waals surface area (Å²) in [5.41, 5.74) is -0.778. The normalized spacial score (nSPS) is 17.8. The molecule has 114 valence electrons. The SMILES string of the molecule is CC(C)c1ncc(Cl)c(C(=O)N2CCNC(=O)C2(C)C)n1. The molecule has 1 fully saturated rings. The molecule has 1 N–H and O–H groups in total. The molecule has 0 spiro atoms. The Kier molecular flexibility index (Phi) is 4.18. The number of amides is 2. The van der Waals surface area contributed by atoms with Crippen LogP contribution in [-0.4, -0.2) is 45.3 Å². The first-order chi connectivity index (χ1) is 9.75. The number of aromatic nitrogens is 2. The van der Waals surface area contributed by atoms with Crippen LogP contribution in [0.15, 0.2) is 6.20 Å². The first-order valence-corrected chi connectivity index (χ1v) is 7.25. The Bertz CT molecular complexity index is 586. The van der Waals surface area contributed by atoms with Crippen LogP contribution in [-0.2, 0) is 4.79 Å². The predicted octanol–water partition coefficient (Wildman–Crippen LogP) is 1.60. The molecular weight excluding hydrogens is 292 g/mol. The molecule has 1 aromatic heterocycles. The number of halogens is 1. The van der Waals surface area contributed by atoms with Crippen molar-refractivity contribution in [3.8, 4) is 0 Å². The number of nitrogens with one attached hydrogen (secondary N) is 1. The Morgan fingerprint density at radius 1 is 1.48 bits per heavy atom. The van der Waals surface area contributed by atoms with Gasteiger partial charge in [0.05, 0.1) is 11.2 Å². The van der Waals surface area contributed by atoms with Gasteiger partial charge in [-0.2, -0.15) is 0 Å². The van der Waals surface area contributed by atoms with E-state index in [9.17, 15) is 9.59 Å². The maximum absolute atomic E-state index is 12.7. The molecule has 0 saturated carbocycles. The summed E-state index contributed by atoms with van der Waals surface area (Å²) in [7, 11) is 0. The van der Waals surface area contributed by atoms with Crippen LogP contribution >= 0.6 is 11.6 Å². The fraction of sp³-hybridized carbons (Fsp3) is 0.571. The van der Waals surface area contributed by atoms with Gasteiger partial charge in [-0.3, -0.25) is 9.59 Å². The maximum atomic E-state index is 12.7. The van der Waals surface area contributed by atoms with Gasteiger partial charge in [0.25, 0.3) is 5.91 Å². The lowest BCUT2D eigenvalue weighted by atomic mass is 9.98. The Labute approximate surface area is 128 Å². The van der Waals surface area contributed by atoms with Crippen molar-refractivity contribution >= 4 is 23.4 Å². The van der Waals surface area contributed by atoms with Crippen LogP contribution in [0.2, 0.25) is 5.02 Å². The number of hydrogen-bond donors (Lipinski definition) is 1. The molecule has 21 heavy (non-hydrogen) atoms. The molecule has 6 nitrogen and oxygen atoms in total. The molecule has 2 amide bonds. The summed E-state index contributed by atoms with van der Waals surface area (Å²) in [6, 6.07) is 0. The summed E-state index contributed by atoms with van der Waals surface area (Å²) < 4.78 is 0. The van der Waals surface area contributed by atoms with Crippen molar-refractivity contribution in [2.24, 2.45) is 0 Å². The van der Waals surface area contributed by atoms with Crippen molar-refractivity contribution in [2.45, 2.75) is 39.2 Å². The van der Waals surface area contributed by atoms with Crippen LogP contribution in [0, 0.1) is 0 Å². The van der Waals surface area contributed by atoms with Crippen molar-refractivity contribution in [1.29, 1.82) is 0 Å². The highest BCUT2D eigenvalue weighted by Crippen LogP contribution is 2.24. The smallest absolute Gasteiger partial charge is 0.275 e. The predicted molar refractivity (Wildman–Crippen MR) is 79.3 cm³/mol. The lowest BCUT2D eigenvalue weighted by Crippen LogP contribution is -2.63. The summed E-state index contributed by atoms with van der Waals surface area (Å²) in [6.07, 6.45) is 1.44. The average molecular weight is 311 g/mol. The number of carbonyl (C=O) groups excluding carboxylic acids is 2. The standard InChI is InChI=1S/C14H19ClN4O2/c1-8(2)11-17-7-9(15)10(18-11)12(20)19-6-5-16-13(21)14(19,3)4/h7-8H,5-6H2,1-4H3,(H,16,21). The number of rotatable bonds is 2. The molecule has 0 aromatic carbocycles. The van der Waals surface area contributed by atoms with Crippen LogP contribution in [0.4, 0.5) is 0 Å². The molecule has 1 saturated heterocycles. The molecule has 0 atom stereocenters. The molecule has 0 aliphatic carbocycles. The summed E-state index contributed by atoms with van der Waals surface area (Å²) in [5, 5.41) is 2.95. The van der Waals surface area contributed by atoms with Gasteiger partial charge in [-0.05, 0) is 13.8 Å². The second-order valence-electron chi connectivity index (χ2n) is 5.85. The van der Waals surface area contributed by atoms with E-state index in [0.29, 0.717) is 18.9 Å². The van der Waals surface area contributed by atoms with Crippen LogP contribution in [0.25, 0.3) is 0 Å². The van der Waals surface area contributed by atoms with Crippen LogP contribution in [0.1, 0.15) is 49.9 Å². The summed E-state index contributed by atoms with van der Waals surface area (Å²) in [6.45, 7) is 8.14. The first-order valence-electron chi connectivity index (χ1n) is 6.88. The molecule has 0 radical (unpaired) electrons. The fourth-order valence-electron chi connectivity index (χ4n) is 2.19. The fourth-order valence-corrected chi connectivity index (χ4v) is 2.36. The highest BCUT2D eigenvalue weighted by Gasteiger charge is 2.41. The Morgan fingerprint density at radius 2 is 2.14 bits per heavy atom. The molecule has 1 aliphatic heterocycles. The van der Waals surface area contributed by atoms with Crippen molar-refractivity contribution in [3.63, 3.8) is 0 Å². The molecular formula is C14H19ClN4O2. The first kappa shape index (κ1) is 15.7. The van der Waals surface area contributed by atoms with E-state index in [-0.39, 0.29) is 28.4 Å². The summed E-state index contributed by atoms with van der Waals surface area (Å²) in [5.74, 6) is 0.119. The van der Waals surface area contributed by atoms with Crippen molar-refractivity contribution in [3.05, 3.63) is 22.7 Å². The van der Waals surface area contributed by atoms with Gasteiger partial charge in [-0.15, -0.1) is 0 Å². The number of nitrogens with zero attached hydrogens (tertiary/aromatic N) is 3. The zero-order chi connectivity index (χ0) is 15.8. The van der Waals surface area contributed by atoms with Gasteiger partial charge in [0.2, 0.25) is 5.91 Å². The molecule has 1 aromatic rings. The van der Waals surface area contributed by atoms with E-state index in [4.69, 9.17) is 11.6 Å². The van der Waals surface area contributed by atoms with Gasteiger partial charge in [0, 0.05) is 19.0 Å². The molecule has 2 heterocycles. The topological polar surface area (TPSA) is 75.2 Å². The second-order valence-corrected chi connectivity index (χ2v) is 6.26. The van der Waals surface area contributed by atoms with Gasteiger partial charge in [-0.1, -0.05) is 25.4 Å². The lowest BCUT2D eigenvalue weighted by Gasteiger charge is -2.41. The van der Waals surface area contributed by atoms with Crippen molar-refractivity contribution in [1.82, 2.24) is 20.2 Å². The second kappa shape index (κ2) is 5.60. The highest BCUT2D eigenvalue weighted by atomic mass is 35.5. The van der Waals surface area contributed by atoms with Gasteiger partial charge in [0.1, 0.15) is 11.4 Å². The average Bonchev–Trinajstić information content (AvgIpc) is 2.41. The maximum Gasteiger partial charge on any atom is 0.275 e. The lowest BCUT2D eigenvalue weighted by molar-refractivity contribution is -0.133. The summed E-state index contributed by atoms with van der Waals surface area (Å²) >= 11 is 6.07. The Morgan fingerprint density at radius 3 is 2.76 bits per heavy atom. The van der Waals surface area contributed by atoms with Crippen molar-refractivity contribution in [2.75, 3.05) is 13.1 Å². The third-order valence-electron chi connectivity index (χ3n) is 3.58. The summed E-state index contributed by atoms with van der Waals surface area (Å²) in [4.78, 5) is 34.6. The zero-order valence-electron chi connectivity index (χ0n) is 12.6. The van der Waals surface area contributed by atoms with E-state index in [1.54, 1.807) is 13.8 Å². The molecule has 7 heteroatoms. The molecule has 0 bridgehead atoms. The quantitative estimate of drug-likeness (QED) is 0.900. The largest absolute Gasteiger partial charge is 0.352 e. The number of piperazine rings is 1. The molecule has 2 rings (SSSR count). The third-order valence-corrected chi connectivity index (χ3v) is 3.85. The minimum Gasteiger partial charge on any atom is -0.352 e.